The molecule has 4 saturated heterocycles. The fourth-order valence-electron chi connectivity index (χ4n) is 8.92. The predicted octanol–water partition coefficient (Wildman–Crippen LogP) is 5.78. The first-order valence-electron chi connectivity index (χ1n) is 23.8. The minimum atomic E-state index is -4.75. The van der Waals surface area contributed by atoms with Gasteiger partial charge in [-0.1, -0.05) is 0 Å². The number of aromatic nitrogens is 6. The van der Waals surface area contributed by atoms with Gasteiger partial charge in [0.1, 0.15) is 11.4 Å². The summed E-state index contributed by atoms with van der Waals surface area (Å²) < 4.78 is 85.1. The average molecular weight is 1020 g/mol. The van der Waals surface area contributed by atoms with Gasteiger partial charge in [-0.2, -0.15) is 23.1 Å². The van der Waals surface area contributed by atoms with Gasteiger partial charge in [0.25, 0.3) is 11.8 Å². The summed E-state index contributed by atoms with van der Waals surface area (Å²) in [5.41, 5.74) is 15.5. The molecule has 4 aromatic heterocycles. The van der Waals surface area contributed by atoms with Crippen LogP contribution in [0.1, 0.15) is 45.8 Å². The van der Waals surface area contributed by atoms with Crippen molar-refractivity contribution in [2.75, 3.05) is 107 Å². The van der Waals surface area contributed by atoms with E-state index in [9.17, 15) is 27.2 Å². The second-order valence-corrected chi connectivity index (χ2v) is 17.6. The third kappa shape index (κ3) is 11.7. The number of halogens is 5. The number of nitrogens with zero attached hydrogens (tertiary/aromatic N) is 10. The van der Waals surface area contributed by atoms with Gasteiger partial charge in [-0.3, -0.25) is 31.3 Å². The molecular formula is C48H50F5N17O4. The van der Waals surface area contributed by atoms with Gasteiger partial charge >= 0.3 is 6.18 Å². The third-order valence-corrected chi connectivity index (χ3v) is 12.7. The maximum atomic E-state index is 15.3. The van der Waals surface area contributed by atoms with Crippen LogP contribution in [0.2, 0.25) is 0 Å². The van der Waals surface area contributed by atoms with Crippen molar-refractivity contribution in [3.05, 3.63) is 120 Å². The molecule has 0 aliphatic carbocycles. The predicted molar refractivity (Wildman–Crippen MR) is 264 cm³/mol. The van der Waals surface area contributed by atoms with Crippen LogP contribution >= 0.6 is 0 Å². The van der Waals surface area contributed by atoms with E-state index in [1.54, 1.807) is 21.9 Å². The number of nitrogens with one attached hydrogen (secondary N) is 7. The molecule has 4 aliphatic heterocycles. The summed E-state index contributed by atoms with van der Waals surface area (Å²) >= 11 is 0. The highest BCUT2D eigenvalue weighted by atomic mass is 19.4. The quantitative estimate of drug-likeness (QED) is 0.0478. The van der Waals surface area contributed by atoms with E-state index in [4.69, 9.17) is 9.47 Å². The number of carbonyl (C=O) groups excluding carboxylic acids is 2. The number of anilines is 10. The van der Waals surface area contributed by atoms with Gasteiger partial charge in [-0.05, 0) is 86.0 Å². The first-order valence-corrected chi connectivity index (χ1v) is 23.8. The molecule has 2 aromatic carbocycles. The van der Waals surface area contributed by atoms with Gasteiger partial charge < -0.3 is 39.8 Å². The van der Waals surface area contributed by atoms with Crippen LogP contribution in [-0.2, 0) is 15.7 Å². The zero-order valence-corrected chi connectivity index (χ0v) is 39.5. The van der Waals surface area contributed by atoms with Crippen molar-refractivity contribution in [2.24, 2.45) is 0 Å². The van der Waals surface area contributed by atoms with E-state index in [1.165, 1.54) is 60.2 Å². The van der Waals surface area contributed by atoms with Crippen LogP contribution < -0.4 is 57.5 Å². The Bertz CT molecular complexity index is 2930. The Kier molecular flexibility index (Phi) is 14.6. The number of rotatable bonds is 15. The van der Waals surface area contributed by atoms with Crippen molar-refractivity contribution in [3.63, 3.8) is 0 Å². The zero-order chi connectivity index (χ0) is 51.2. The molecule has 0 saturated carbocycles. The lowest BCUT2D eigenvalue weighted by Crippen LogP contribution is -2.52. The van der Waals surface area contributed by atoms with Crippen molar-refractivity contribution >= 4 is 69.5 Å². The standard InChI is InChI=1S/C48H50F5N17O4/c49-35-26-56-46(60-42(35)68-17-20-73-21-18-68)64-62-45(72)39-11-6-32(25-55-39)59-30-7-12-40(34(23-30)48(51,52)53)70-16-13-37(66-70)41-28-69(19-22-74-41)43-36(50)27-57-47(61-43)65-63-44(71)38-10-5-31(24-54-38)58-29-3-8-33(9-4-29)67-14-1-2-15-67/h3-12,23-27,37,41,58-59,66H,1-2,13-22,28H2,(H,62,72)(H,63,71)(H,56,60,64)(H,57,61,65). The van der Waals surface area contributed by atoms with E-state index >= 15 is 4.39 Å². The SMILES string of the molecule is O=C(NNc1ncc(F)c(N2CCOCC2)n1)c1ccc(Nc2ccc(N3CCC(C4CN(c5nc(NNC(=O)c6ccc(Nc7ccc(N8CCCC8)cc7)cn6)ncc5F)CCO4)N3)c(C(F)(F)F)c2)cn1. The lowest BCUT2D eigenvalue weighted by molar-refractivity contribution is -0.137. The van der Waals surface area contributed by atoms with Crippen molar-refractivity contribution in [3.8, 4) is 0 Å². The average Bonchev–Trinajstić information content (AvgIpc) is 4.16. The summed E-state index contributed by atoms with van der Waals surface area (Å²) in [6.45, 7) is 4.62. The van der Waals surface area contributed by atoms with Gasteiger partial charge in [0.15, 0.2) is 23.3 Å². The van der Waals surface area contributed by atoms with Crippen molar-refractivity contribution in [2.45, 2.75) is 37.6 Å². The Morgan fingerprint density at radius 2 is 1.19 bits per heavy atom. The van der Waals surface area contributed by atoms with Crippen LogP contribution in [0, 0.1) is 11.6 Å². The van der Waals surface area contributed by atoms with Gasteiger partial charge in [-0.25, -0.2) is 34.1 Å². The third-order valence-electron chi connectivity index (χ3n) is 12.7. The number of hydrogen-bond acceptors (Lipinski definition) is 19. The largest absolute Gasteiger partial charge is 0.418 e. The minimum absolute atomic E-state index is 0.0335. The molecule has 0 spiro atoms. The number of alkyl halides is 3. The summed E-state index contributed by atoms with van der Waals surface area (Å²) in [6.07, 6.45) is 2.28. The Morgan fingerprint density at radius 3 is 1.78 bits per heavy atom. The molecule has 2 unspecified atom stereocenters. The van der Waals surface area contributed by atoms with Crippen LogP contribution in [-0.4, -0.2) is 119 Å². The maximum absolute atomic E-state index is 15.3. The van der Waals surface area contributed by atoms with Crippen molar-refractivity contribution < 1.29 is 41.0 Å². The number of ether oxygens (including phenoxy) is 2. The van der Waals surface area contributed by atoms with Gasteiger partial charge in [0.05, 0.1) is 79.4 Å². The second kappa shape index (κ2) is 21.9. The zero-order valence-electron chi connectivity index (χ0n) is 39.5. The van der Waals surface area contributed by atoms with Gasteiger partial charge in [0, 0.05) is 62.9 Å². The van der Waals surface area contributed by atoms with E-state index in [0.717, 1.165) is 37.2 Å². The molecule has 2 atom stereocenters. The fraction of sp³-hybridized carbons (Fsp3) is 0.333. The first-order chi connectivity index (χ1) is 35.9. The second-order valence-electron chi connectivity index (χ2n) is 17.6. The maximum Gasteiger partial charge on any atom is 0.418 e. The summed E-state index contributed by atoms with van der Waals surface area (Å²) in [5, 5.41) is 7.62. The Balaban J connectivity index is 0.713. The normalized spacial score (nSPS) is 18.0. The molecule has 10 rings (SSSR count). The summed E-state index contributed by atoms with van der Waals surface area (Å²) in [7, 11) is 0. The minimum Gasteiger partial charge on any atom is -0.378 e. The molecule has 4 fully saturated rings. The molecule has 0 bridgehead atoms. The Hall–Kier alpha value is -8.23. The number of carbonyl (C=O) groups is 2. The topological polar surface area (TPSA) is 227 Å². The summed E-state index contributed by atoms with van der Waals surface area (Å²) in [5.74, 6) is -2.72. The van der Waals surface area contributed by atoms with Crippen LogP contribution in [0.3, 0.4) is 0 Å². The molecular weight excluding hydrogens is 974 g/mol. The van der Waals surface area contributed by atoms with E-state index in [-0.39, 0.29) is 72.5 Å². The summed E-state index contributed by atoms with van der Waals surface area (Å²) in [4.78, 5) is 56.3. The van der Waals surface area contributed by atoms with Crippen LogP contribution in [0.5, 0.6) is 0 Å². The smallest absolute Gasteiger partial charge is 0.378 e. The number of amides is 2. The molecule has 26 heteroatoms. The molecule has 386 valence electrons. The van der Waals surface area contributed by atoms with E-state index < -0.39 is 47.3 Å². The highest BCUT2D eigenvalue weighted by molar-refractivity contribution is 5.93. The lowest BCUT2D eigenvalue weighted by Gasteiger charge is -2.37. The van der Waals surface area contributed by atoms with Crippen molar-refractivity contribution in [1.29, 1.82) is 0 Å². The Labute approximate surface area is 420 Å². The molecule has 8 heterocycles. The van der Waals surface area contributed by atoms with E-state index in [2.05, 4.69) is 84.7 Å². The first kappa shape index (κ1) is 49.4. The molecule has 4 aliphatic rings. The number of morpholine rings is 2. The number of pyridine rings is 2. The number of hydrogen-bond donors (Lipinski definition) is 7. The van der Waals surface area contributed by atoms with E-state index in [1.807, 2.05) is 12.1 Å². The molecule has 21 nitrogen and oxygen atoms in total. The molecule has 6 aromatic rings. The van der Waals surface area contributed by atoms with Crippen LogP contribution in [0.25, 0.3) is 0 Å². The van der Waals surface area contributed by atoms with Crippen molar-refractivity contribution in [1.82, 2.24) is 46.2 Å². The molecule has 0 radical (unpaired) electrons. The summed E-state index contributed by atoms with van der Waals surface area (Å²) in [6, 6.07) is 17.6. The highest BCUT2D eigenvalue weighted by Gasteiger charge is 2.39. The lowest BCUT2D eigenvalue weighted by atomic mass is 10.1. The molecule has 2 amide bonds. The molecule has 7 N–H and O–H groups in total. The van der Waals surface area contributed by atoms with Crippen LogP contribution in [0.15, 0.2) is 91.5 Å². The molecule has 74 heavy (non-hydrogen) atoms. The monoisotopic (exact) mass is 1020 g/mol. The fourth-order valence-corrected chi connectivity index (χ4v) is 8.92. The van der Waals surface area contributed by atoms with Gasteiger partial charge in [0.2, 0.25) is 11.9 Å². The van der Waals surface area contributed by atoms with E-state index in [0.29, 0.717) is 44.1 Å². The Morgan fingerprint density at radius 1 is 0.622 bits per heavy atom. The van der Waals surface area contributed by atoms with Gasteiger partial charge in [-0.15, -0.1) is 0 Å². The highest BCUT2D eigenvalue weighted by Crippen LogP contribution is 2.40. The number of benzene rings is 2. The number of hydrazine groups is 3. The van der Waals surface area contributed by atoms with Crippen LogP contribution in [0.4, 0.5) is 79.6 Å².